The molecular formula is C21H40IN3O2S. The molecule has 7 heteroatoms. The van der Waals surface area contributed by atoms with E-state index < -0.39 is 0 Å². The molecule has 0 aromatic rings. The Bertz CT molecular complexity index is 461. The summed E-state index contributed by atoms with van der Waals surface area (Å²) in [4.78, 5) is 7.49. The van der Waals surface area contributed by atoms with Crippen molar-refractivity contribution >= 4 is 41.7 Å². The van der Waals surface area contributed by atoms with Crippen molar-refractivity contribution < 1.29 is 9.47 Å². The lowest BCUT2D eigenvalue weighted by molar-refractivity contribution is 0.000989. The molecule has 2 aliphatic heterocycles. The molecule has 3 rings (SSSR count). The van der Waals surface area contributed by atoms with Crippen LogP contribution in [0.2, 0.25) is 0 Å². The van der Waals surface area contributed by atoms with Crippen molar-refractivity contribution in [1.82, 2.24) is 10.2 Å². The third kappa shape index (κ3) is 7.20. The first-order valence-electron chi connectivity index (χ1n) is 11.0. The van der Waals surface area contributed by atoms with Gasteiger partial charge in [0.25, 0.3) is 0 Å². The third-order valence-corrected chi connectivity index (χ3v) is 7.88. The van der Waals surface area contributed by atoms with Crippen LogP contribution in [0.4, 0.5) is 0 Å². The van der Waals surface area contributed by atoms with E-state index in [-0.39, 0.29) is 28.7 Å². The number of halogens is 1. The number of nitrogens with zero attached hydrogens (tertiary/aromatic N) is 2. The number of hydrogen-bond donors (Lipinski definition) is 1. The molecule has 0 spiro atoms. The number of likely N-dealkylation sites (tertiary alicyclic amines) is 1. The van der Waals surface area contributed by atoms with E-state index in [1.54, 1.807) is 0 Å². The van der Waals surface area contributed by atoms with Crippen LogP contribution < -0.4 is 5.32 Å². The summed E-state index contributed by atoms with van der Waals surface area (Å²) in [6, 6.07) is 0. The standard InChI is InChI=1S/C21H39N3O2S.HI/c1-3-22-20(23-17-21(27-2)10-14-25-15-11-21)24-12-8-19(9-13-24)26-16-18-6-4-5-7-18;/h18-19H,3-17H2,1-2H3,(H,22,23);1H. The third-order valence-electron chi connectivity index (χ3n) is 6.47. The van der Waals surface area contributed by atoms with Gasteiger partial charge < -0.3 is 19.7 Å². The average Bonchev–Trinajstić information content (AvgIpc) is 3.24. The Morgan fingerprint density at radius 3 is 2.46 bits per heavy atom. The Morgan fingerprint density at radius 2 is 1.86 bits per heavy atom. The van der Waals surface area contributed by atoms with Gasteiger partial charge in [0.2, 0.25) is 0 Å². The maximum absolute atomic E-state index is 6.24. The summed E-state index contributed by atoms with van der Waals surface area (Å²) in [5.41, 5.74) is 0. The maximum Gasteiger partial charge on any atom is 0.193 e. The van der Waals surface area contributed by atoms with Gasteiger partial charge in [0.05, 0.1) is 12.6 Å². The van der Waals surface area contributed by atoms with E-state index in [2.05, 4.69) is 23.4 Å². The van der Waals surface area contributed by atoms with Crippen molar-refractivity contribution in [1.29, 1.82) is 0 Å². The van der Waals surface area contributed by atoms with Gasteiger partial charge >= 0.3 is 0 Å². The zero-order valence-electron chi connectivity index (χ0n) is 17.8. The average molecular weight is 526 g/mol. The lowest BCUT2D eigenvalue weighted by Gasteiger charge is -2.37. The van der Waals surface area contributed by atoms with Crippen LogP contribution >= 0.6 is 35.7 Å². The van der Waals surface area contributed by atoms with Gasteiger partial charge in [-0.15, -0.1) is 24.0 Å². The fraction of sp³-hybridized carbons (Fsp3) is 0.952. The molecule has 164 valence electrons. The zero-order valence-corrected chi connectivity index (χ0v) is 20.9. The highest BCUT2D eigenvalue weighted by molar-refractivity contribution is 14.0. The molecule has 1 N–H and O–H groups in total. The van der Waals surface area contributed by atoms with E-state index in [0.717, 1.165) is 83.6 Å². The Kier molecular flexibility index (Phi) is 11.3. The SMILES string of the molecule is CCNC(=NCC1(SC)CCOCC1)N1CCC(OCC2CCCC2)CC1.I. The molecule has 3 aliphatic rings. The number of nitrogens with one attached hydrogen (secondary N) is 1. The number of hydrogen-bond acceptors (Lipinski definition) is 4. The lowest BCUT2D eigenvalue weighted by Crippen LogP contribution is -2.48. The molecule has 0 radical (unpaired) electrons. The topological polar surface area (TPSA) is 46.1 Å². The van der Waals surface area contributed by atoms with Gasteiger partial charge in [-0.05, 0) is 57.6 Å². The van der Waals surface area contributed by atoms with E-state index >= 15 is 0 Å². The Morgan fingerprint density at radius 1 is 1.18 bits per heavy atom. The van der Waals surface area contributed by atoms with Gasteiger partial charge in [0.15, 0.2) is 5.96 Å². The van der Waals surface area contributed by atoms with Gasteiger partial charge in [-0.25, -0.2) is 0 Å². The van der Waals surface area contributed by atoms with Crippen LogP contribution in [0.3, 0.4) is 0 Å². The second-order valence-electron chi connectivity index (χ2n) is 8.34. The monoisotopic (exact) mass is 525 g/mol. The van der Waals surface area contributed by atoms with Crippen LogP contribution in [-0.2, 0) is 9.47 Å². The summed E-state index contributed by atoms with van der Waals surface area (Å²) in [5.74, 6) is 1.91. The second kappa shape index (κ2) is 12.8. The summed E-state index contributed by atoms with van der Waals surface area (Å²) >= 11 is 1.97. The van der Waals surface area contributed by atoms with E-state index in [9.17, 15) is 0 Å². The van der Waals surface area contributed by atoms with E-state index in [1.165, 1.54) is 25.7 Å². The molecule has 0 amide bonds. The highest BCUT2D eigenvalue weighted by Gasteiger charge is 2.32. The van der Waals surface area contributed by atoms with Crippen LogP contribution in [-0.4, -0.2) is 74.0 Å². The summed E-state index contributed by atoms with van der Waals surface area (Å²) in [5, 5.41) is 3.52. The van der Waals surface area contributed by atoms with Crippen molar-refractivity contribution in [3.63, 3.8) is 0 Å². The smallest absolute Gasteiger partial charge is 0.193 e. The van der Waals surface area contributed by atoms with Crippen molar-refractivity contribution in [2.24, 2.45) is 10.9 Å². The number of aliphatic imine (C=N–C) groups is 1. The van der Waals surface area contributed by atoms with E-state index in [0.29, 0.717) is 6.10 Å². The molecule has 28 heavy (non-hydrogen) atoms. The minimum Gasteiger partial charge on any atom is -0.381 e. The minimum atomic E-state index is 0. The number of thioether (sulfide) groups is 1. The van der Waals surface area contributed by atoms with E-state index in [1.807, 2.05) is 11.8 Å². The molecule has 5 nitrogen and oxygen atoms in total. The predicted octanol–water partition coefficient (Wildman–Crippen LogP) is 4.15. The molecule has 0 bridgehead atoms. The Balaban J connectivity index is 0.00000280. The largest absolute Gasteiger partial charge is 0.381 e. The van der Waals surface area contributed by atoms with Crippen LogP contribution in [0.25, 0.3) is 0 Å². The molecule has 2 heterocycles. The first-order valence-corrected chi connectivity index (χ1v) is 12.2. The highest BCUT2D eigenvalue weighted by Crippen LogP contribution is 2.34. The molecule has 0 unspecified atom stereocenters. The van der Waals surface area contributed by atoms with Crippen molar-refractivity contribution in [2.45, 2.75) is 69.1 Å². The number of ether oxygens (including phenoxy) is 2. The first kappa shape index (κ1) is 24.5. The fourth-order valence-corrected chi connectivity index (χ4v) is 5.27. The molecule has 0 aromatic heterocycles. The molecule has 1 aliphatic carbocycles. The quantitative estimate of drug-likeness (QED) is 0.308. The lowest BCUT2D eigenvalue weighted by atomic mass is 9.99. The van der Waals surface area contributed by atoms with Gasteiger partial charge in [-0.1, -0.05) is 12.8 Å². The summed E-state index contributed by atoms with van der Waals surface area (Å²) < 4.78 is 12.1. The van der Waals surface area contributed by atoms with Gasteiger partial charge in [-0.2, -0.15) is 11.8 Å². The minimum absolute atomic E-state index is 0. The Labute approximate surface area is 193 Å². The van der Waals surface area contributed by atoms with E-state index in [4.69, 9.17) is 14.5 Å². The summed E-state index contributed by atoms with van der Waals surface area (Å²) in [7, 11) is 0. The van der Waals surface area contributed by atoms with Crippen molar-refractivity contribution in [3.05, 3.63) is 0 Å². The predicted molar refractivity (Wildman–Crippen MR) is 130 cm³/mol. The highest BCUT2D eigenvalue weighted by atomic mass is 127. The summed E-state index contributed by atoms with van der Waals surface area (Å²) in [6.07, 6.45) is 12.7. The molecule has 1 saturated carbocycles. The number of rotatable bonds is 7. The summed E-state index contributed by atoms with van der Waals surface area (Å²) in [6.45, 7) is 8.80. The van der Waals surface area contributed by atoms with Crippen LogP contribution in [0, 0.1) is 5.92 Å². The van der Waals surface area contributed by atoms with Crippen molar-refractivity contribution in [2.75, 3.05) is 52.3 Å². The zero-order chi connectivity index (χ0) is 19.0. The van der Waals surface area contributed by atoms with Crippen LogP contribution in [0.1, 0.15) is 58.3 Å². The molecule has 3 fully saturated rings. The van der Waals surface area contributed by atoms with Gasteiger partial charge in [0.1, 0.15) is 0 Å². The number of piperidine rings is 1. The molecule has 0 aromatic carbocycles. The van der Waals surface area contributed by atoms with Crippen LogP contribution in [0.15, 0.2) is 4.99 Å². The maximum atomic E-state index is 6.24. The van der Waals surface area contributed by atoms with Gasteiger partial charge in [0, 0.05) is 44.2 Å². The first-order chi connectivity index (χ1) is 13.2. The number of guanidine groups is 1. The second-order valence-corrected chi connectivity index (χ2v) is 9.61. The Hall–Kier alpha value is 0.270. The normalized spacial score (nSPS) is 24.2. The van der Waals surface area contributed by atoms with Crippen molar-refractivity contribution in [3.8, 4) is 0 Å². The molecular weight excluding hydrogens is 485 g/mol. The molecule has 0 atom stereocenters. The molecule has 2 saturated heterocycles. The van der Waals surface area contributed by atoms with Gasteiger partial charge in [-0.3, -0.25) is 4.99 Å². The fourth-order valence-electron chi connectivity index (χ4n) is 4.50. The van der Waals surface area contributed by atoms with Crippen LogP contribution in [0.5, 0.6) is 0 Å².